The predicted molar refractivity (Wildman–Crippen MR) is 104 cm³/mol. The maximum absolute atomic E-state index is 12.2. The first kappa shape index (κ1) is 17.4. The molecule has 26 heavy (non-hydrogen) atoms. The minimum atomic E-state index is -0.0294. The number of carbonyl (C=O) groups excluding carboxylic acids is 1. The van der Waals surface area contributed by atoms with Crippen LogP contribution in [0.1, 0.15) is 21.7 Å². The smallest absolute Gasteiger partial charge is 0.185 e. The molecule has 0 saturated heterocycles. The molecule has 130 valence electrons. The van der Waals surface area contributed by atoms with E-state index in [1.165, 1.54) is 0 Å². The van der Waals surface area contributed by atoms with Gasteiger partial charge in [-0.2, -0.15) is 0 Å². The van der Waals surface area contributed by atoms with E-state index < -0.39 is 0 Å². The van der Waals surface area contributed by atoms with Gasteiger partial charge in [-0.15, -0.1) is 0 Å². The highest BCUT2D eigenvalue weighted by atomic mass is 16.5. The lowest BCUT2D eigenvalue weighted by Crippen LogP contribution is -1.98. The molecule has 0 saturated carbocycles. The first-order valence-corrected chi connectivity index (χ1v) is 8.31. The van der Waals surface area contributed by atoms with Crippen LogP contribution in [0, 0.1) is 6.92 Å². The van der Waals surface area contributed by atoms with E-state index in [-0.39, 0.29) is 5.78 Å². The van der Waals surface area contributed by atoms with Crippen molar-refractivity contribution < 1.29 is 9.53 Å². The lowest BCUT2D eigenvalue weighted by atomic mass is 10.1. The number of carbonyl (C=O) groups is 1. The number of aromatic nitrogens is 2. The summed E-state index contributed by atoms with van der Waals surface area (Å²) in [6, 6.07) is 15.2. The van der Waals surface area contributed by atoms with Gasteiger partial charge in [0.15, 0.2) is 5.78 Å². The third-order valence-corrected chi connectivity index (χ3v) is 4.02. The van der Waals surface area contributed by atoms with Gasteiger partial charge in [-0.25, -0.2) is 4.98 Å². The molecule has 3 aromatic rings. The Hall–Kier alpha value is -3.40. The summed E-state index contributed by atoms with van der Waals surface area (Å²) in [7, 11) is 1.64. The molecule has 1 aromatic heterocycles. The largest absolute Gasteiger partial charge is 0.497 e. The second kappa shape index (κ2) is 8.12. The van der Waals surface area contributed by atoms with E-state index in [1.807, 2.05) is 78.4 Å². The summed E-state index contributed by atoms with van der Waals surface area (Å²) < 4.78 is 7.10. The molecule has 0 aliphatic rings. The summed E-state index contributed by atoms with van der Waals surface area (Å²) in [4.78, 5) is 16.5. The van der Waals surface area contributed by atoms with Crippen LogP contribution in [0.4, 0.5) is 0 Å². The van der Waals surface area contributed by atoms with E-state index in [4.69, 9.17) is 4.74 Å². The molecule has 3 rings (SSSR count). The second-order valence-electron chi connectivity index (χ2n) is 5.75. The minimum Gasteiger partial charge on any atom is -0.497 e. The van der Waals surface area contributed by atoms with Crippen molar-refractivity contribution >= 4 is 11.9 Å². The lowest BCUT2D eigenvalue weighted by Gasteiger charge is -2.05. The molecule has 0 bridgehead atoms. The van der Waals surface area contributed by atoms with E-state index in [0.29, 0.717) is 5.56 Å². The number of ketones is 1. The fourth-order valence-corrected chi connectivity index (χ4v) is 2.56. The van der Waals surface area contributed by atoms with Crippen LogP contribution in [-0.2, 0) is 0 Å². The molecule has 0 aliphatic carbocycles. The molecule has 2 aromatic carbocycles. The maximum Gasteiger partial charge on any atom is 0.185 e. The van der Waals surface area contributed by atoms with Gasteiger partial charge < -0.3 is 9.30 Å². The van der Waals surface area contributed by atoms with Gasteiger partial charge in [0.25, 0.3) is 0 Å². The SMILES string of the molecule is COc1ccc(/C=C/C=C\C(=O)c2ccc(-n3ccnc3C)cc2)cc1. The molecule has 0 atom stereocenters. The molecular formula is C22H20N2O2. The molecule has 0 spiro atoms. The Balaban J connectivity index is 1.62. The van der Waals surface area contributed by atoms with Crippen LogP contribution in [0.15, 0.2) is 79.2 Å². The molecule has 0 radical (unpaired) electrons. The molecule has 0 amide bonds. The Labute approximate surface area is 153 Å². The summed E-state index contributed by atoms with van der Waals surface area (Å²) in [5.41, 5.74) is 2.68. The fourth-order valence-electron chi connectivity index (χ4n) is 2.56. The Morgan fingerprint density at radius 2 is 1.77 bits per heavy atom. The summed E-state index contributed by atoms with van der Waals surface area (Å²) in [5.74, 6) is 1.70. The molecular weight excluding hydrogens is 324 g/mol. The summed E-state index contributed by atoms with van der Waals surface area (Å²) in [5, 5.41) is 0. The summed E-state index contributed by atoms with van der Waals surface area (Å²) in [6.07, 6.45) is 10.8. The van der Waals surface area contributed by atoms with Gasteiger partial charge in [-0.3, -0.25) is 4.79 Å². The number of nitrogens with zero attached hydrogens (tertiary/aromatic N) is 2. The van der Waals surface area contributed by atoms with Crippen LogP contribution >= 0.6 is 0 Å². The highest BCUT2D eigenvalue weighted by molar-refractivity contribution is 6.04. The van der Waals surface area contributed by atoms with Crippen molar-refractivity contribution in [1.82, 2.24) is 9.55 Å². The summed E-state index contributed by atoms with van der Waals surface area (Å²) in [6.45, 7) is 1.94. The van der Waals surface area contributed by atoms with Crippen molar-refractivity contribution in [2.75, 3.05) is 7.11 Å². The van der Waals surface area contributed by atoms with Gasteiger partial charge in [-0.05, 0) is 55.0 Å². The van der Waals surface area contributed by atoms with Gasteiger partial charge in [-0.1, -0.05) is 30.4 Å². The van der Waals surface area contributed by atoms with Crippen LogP contribution in [0.25, 0.3) is 11.8 Å². The average molecular weight is 344 g/mol. The van der Waals surface area contributed by atoms with E-state index in [0.717, 1.165) is 22.8 Å². The van der Waals surface area contributed by atoms with Crippen LogP contribution < -0.4 is 4.74 Å². The monoisotopic (exact) mass is 344 g/mol. The first-order chi connectivity index (χ1) is 12.7. The van der Waals surface area contributed by atoms with Crippen molar-refractivity contribution in [2.45, 2.75) is 6.92 Å². The summed E-state index contributed by atoms with van der Waals surface area (Å²) >= 11 is 0. The number of allylic oxidation sites excluding steroid dienone is 3. The van der Waals surface area contributed by atoms with Crippen molar-refractivity contribution in [3.05, 3.63) is 96.1 Å². The van der Waals surface area contributed by atoms with E-state index >= 15 is 0 Å². The van der Waals surface area contributed by atoms with Gasteiger partial charge in [0.1, 0.15) is 11.6 Å². The van der Waals surface area contributed by atoms with Gasteiger partial charge >= 0.3 is 0 Å². The van der Waals surface area contributed by atoms with E-state index in [1.54, 1.807) is 25.5 Å². The van der Waals surface area contributed by atoms with Gasteiger partial charge in [0, 0.05) is 23.6 Å². The normalized spacial score (nSPS) is 11.3. The minimum absolute atomic E-state index is 0.0294. The third-order valence-electron chi connectivity index (χ3n) is 4.02. The van der Waals surface area contributed by atoms with Crippen molar-refractivity contribution in [3.63, 3.8) is 0 Å². The quantitative estimate of drug-likeness (QED) is 0.372. The maximum atomic E-state index is 12.2. The number of methoxy groups -OCH3 is 1. The van der Waals surface area contributed by atoms with Crippen LogP contribution in [-0.4, -0.2) is 22.4 Å². The molecule has 0 fully saturated rings. The Morgan fingerprint density at radius 3 is 2.38 bits per heavy atom. The van der Waals surface area contributed by atoms with E-state index in [9.17, 15) is 4.79 Å². The molecule has 0 N–H and O–H groups in total. The highest BCUT2D eigenvalue weighted by Crippen LogP contribution is 2.13. The number of imidazole rings is 1. The fraction of sp³-hybridized carbons (Fsp3) is 0.0909. The standard InChI is InChI=1S/C22H20N2O2/c1-17-23-15-16-24(17)20-11-9-19(10-12-20)22(25)6-4-3-5-18-7-13-21(26-2)14-8-18/h3-16H,1-2H3/b5-3+,6-4-. The molecule has 1 heterocycles. The Kier molecular flexibility index (Phi) is 5.44. The van der Waals surface area contributed by atoms with Crippen molar-refractivity contribution in [2.24, 2.45) is 0 Å². The molecule has 4 heteroatoms. The zero-order valence-corrected chi connectivity index (χ0v) is 14.8. The number of hydrogen-bond donors (Lipinski definition) is 0. The first-order valence-electron chi connectivity index (χ1n) is 8.31. The van der Waals surface area contributed by atoms with E-state index in [2.05, 4.69) is 4.98 Å². The molecule has 0 unspecified atom stereocenters. The Bertz CT molecular complexity index is 933. The number of rotatable bonds is 6. The second-order valence-corrected chi connectivity index (χ2v) is 5.75. The molecule has 0 aliphatic heterocycles. The topological polar surface area (TPSA) is 44.1 Å². The van der Waals surface area contributed by atoms with Crippen LogP contribution in [0.3, 0.4) is 0 Å². The predicted octanol–water partition coefficient (Wildman–Crippen LogP) is 4.64. The lowest BCUT2D eigenvalue weighted by molar-refractivity contribution is 0.104. The highest BCUT2D eigenvalue weighted by Gasteiger charge is 2.03. The number of aryl methyl sites for hydroxylation is 1. The van der Waals surface area contributed by atoms with Crippen molar-refractivity contribution in [3.8, 4) is 11.4 Å². The number of ether oxygens (including phenoxy) is 1. The zero-order valence-electron chi connectivity index (χ0n) is 14.8. The average Bonchev–Trinajstić information content (AvgIpc) is 3.11. The third kappa shape index (κ3) is 4.16. The zero-order chi connectivity index (χ0) is 18.4. The number of hydrogen-bond acceptors (Lipinski definition) is 3. The number of benzene rings is 2. The molecule has 4 nitrogen and oxygen atoms in total. The Morgan fingerprint density at radius 1 is 1.04 bits per heavy atom. The van der Waals surface area contributed by atoms with Crippen molar-refractivity contribution in [1.29, 1.82) is 0 Å². The van der Waals surface area contributed by atoms with Crippen LogP contribution in [0.2, 0.25) is 0 Å². The van der Waals surface area contributed by atoms with Gasteiger partial charge in [0.2, 0.25) is 0 Å². The van der Waals surface area contributed by atoms with Crippen LogP contribution in [0.5, 0.6) is 5.75 Å². The van der Waals surface area contributed by atoms with Gasteiger partial charge in [0.05, 0.1) is 7.11 Å².